The number of hydrogen-bond acceptors (Lipinski definition) is 8. The van der Waals surface area contributed by atoms with Crippen molar-refractivity contribution >= 4 is 40.1 Å². The largest absolute Gasteiger partial charge is 0.497 e. The maximum absolute atomic E-state index is 12.5. The summed E-state index contributed by atoms with van der Waals surface area (Å²) in [7, 11) is 1.67. The lowest BCUT2D eigenvalue weighted by Gasteiger charge is -2.36. The minimum Gasteiger partial charge on any atom is -0.497 e. The van der Waals surface area contributed by atoms with Crippen molar-refractivity contribution in [3.05, 3.63) is 71.0 Å². The highest BCUT2D eigenvalue weighted by Gasteiger charge is 2.44. The predicted molar refractivity (Wildman–Crippen MR) is 132 cm³/mol. The molecule has 172 valence electrons. The number of rotatable bonds is 5. The van der Waals surface area contributed by atoms with E-state index in [0.29, 0.717) is 5.02 Å². The van der Waals surface area contributed by atoms with Crippen molar-refractivity contribution in [2.75, 3.05) is 18.2 Å². The Kier molecular flexibility index (Phi) is 6.09. The van der Waals surface area contributed by atoms with Gasteiger partial charge in [0, 0.05) is 23.1 Å². The molecule has 0 aromatic heterocycles. The fourth-order valence-corrected chi connectivity index (χ4v) is 5.19. The van der Waals surface area contributed by atoms with Gasteiger partial charge >= 0.3 is 0 Å². The molecule has 3 heterocycles. The first kappa shape index (κ1) is 21.9. The van der Waals surface area contributed by atoms with Gasteiger partial charge in [0.05, 0.1) is 24.9 Å². The summed E-state index contributed by atoms with van der Waals surface area (Å²) in [5.41, 5.74) is 9.73. The minimum atomic E-state index is -0.0961. The zero-order valence-corrected chi connectivity index (χ0v) is 19.9. The standard InChI is InChI=1S/C23H25ClN6O2S/c1-14-3-6-16(24)11-18(14)25-21(31)13-33-23-27-26-22-20-12-19(28-30(20)10-9-29(22)23)15-4-7-17(32-2)8-5-15/h3-11,19-20,22,26,28H,12-13H2,1-2H3,(H,25,31). The second-order valence-corrected chi connectivity index (χ2v) is 9.51. The van der Waals surface area contributed by atoms with Crippen LogP contribution in [0.25, 0.3) is 0 Å². The van der Waals surface area contributed by atoms with E-state index in [-0.39, 0.29) is 29.9 Å². The lowest BCUT2D eigenvalue weighted by molar-refractivity contribution is -0.113. The molecule has 10 heteroatoms. The Hall–Kier alpha value is -2.88. The number of aryl methyl sites for hydroxylation is 1. The summed E-state index contributed by atoms with van der Waals surface area (Å²) >= 11 is 7.46. The summed E-state index contributed by atoms with van der Waals surface area (Å²) in [6, 6.07) is 14.0. The van der Waals surface area contributed by atoms with E-state index in [1.54, 1.807) is 13.2 Å². The van der Waals surface area contributed by atoms with Crippen molar-refractivity contribution < 1.29 is 9.53 Å². The number of halogens is 1. The molecule has 2 aromatic carbocycles. The highest BCUT2D eigenvalue weighted by molar-refractivity contribution is 8.14. The molecule has 2 aromatic rings. The fraction of sp³-hybridized carbons (Fsp3) is 0.304. The maximum Gasteiger partial charge on any atom is 0.234 e. The number of carbonyl (C=O) groups is 1. The molecule has 3 atom stereocenters. The third-order valence-electron chi connectivity index (χ3n) is 6.03. The molecule has 1 fully saturated rings. The summed E-state index contributed by atoms with van der Waals surface area (Å²) in [6.07, 6.45) is 4.96. The maximum atomic E-state index is 12.5. The quantitative estimate of drug-likeness (QED) is 0.597. The molecule has 0 bridgehead atoms. The van der Waals surface area contributed by atoms with Crippen molar-refractivity contribution in [1.82, 2.24) is 20.8 Å². The van der Waals surface area contributed by atoms with Gasteiger partial charge in [-0.25, -0.2) is 5.43 Å². The number of nitrogens with one attached hydrogen (secondary N) is 3. The van der Waals surface area contributed by atoms with Gasteiger partial charge in [0.15, 0.2) is 5.17 Å². The van der Waals surface area contributed by atoms with Crippen molar-refractivity contribution in [3.8, 4) is 5.75 Å². The van der Waals surface area contributed by atoms with E-state index in [9.17, 15) is 4.79 Å². The van der Waals surface area contributed by atoms with Gasteiger partial charge in [-0.3, -0.25) is 10.2 Å². The van der Waals surface area contributed by atoms with Gasteiger partial charge in [0.25, 0.3) is 0 Å². The average Bonchev–Trinajstić information content (AvgIpc) is 3.44. The SMILES string of the molecule is COc1ccc(C2CC3C4NN=C(SCC(=O)Nc5cc(Cl)ccc5C)N4C=CN3N2)cc1. The Morgan fingerprint density at radius 3 is 2.88 bits per heavy atom. The van der Waals surface area contributed by atoms with Crippen LogP contribution in [0.3, 0.4) is 0 Å². The molecule has 0 radical (unpaired) electrons. The third-order valence-corrected chi connectivity index (χ3v) is 7.23. The number of amidine groups is 1. The number of amides is 1. The van der Waals surface area contributed by atoms with Gasteiger partial charge in [0.2, 0.25) is 5.91 Å². The third kappa shape index (κ3) is 4.48. The minimum absolute atomic E-state index is 0.00600. The Labute approximate surface area is 202 Å². The Morgan fingerprint density at radius 1 is 1.27 bits per heavy atom. The lowest BCUT2D eigenvalue weighted by atomic mass is 10.00. The number of thioether (sulfide) groups is 1. The van der Waals surface area contributed by atoms with Crippen LogP contribution in [0.1, 0.15) is 23.6 Å². The number of anilines is 1. The summed E-state index contributed by atoms with van der Waals surface area (Å²) in [6.45, 7) is 1.94. The number of carbonyl (C=O) groups excluding carboxylic acids is 1. The van der Waals surface area contributed by atoms with E-state index in [1.165, 1.54) is 17.3 Å². The molecule has 3 unspecified atom stereocenters. The van der Waals surface area contributed by atoms with Crippen molar-refractivity contribution in [2.24, 2.45) is 5.10 Å². The lowest BCUT2D eigenvalue weighted by Crippen LogP contribution is -2.54. The number of fused-ring (bicyclic) bond motifs is 3. The van der Waals surface area contributed by atoms with Gasteiger partial charge in [0.1, 0.15) is 11.9 Å². The number of hydrazone groups is 1. The highest BCUT2D eigenvalue weighted by atomic mass is 35.5. The van der Waals surface area contributed by atoms with Crippen molar-refractivity contribution in [1.29, 1.82) is 0 Å². The van der Waals surface area contributed by atoms with Gasteiger partial charge in [-0.2, -0.15) is 5.10 Å². The Balaban J connectivity index is 1.18. The molecular weight excluding hydrogens is 460 g/mol. The second kappa shape index (κ2) is 9.17. The molecule has 3 aliphatic rings. The molecule has 0 spiro atoms. The molecule has 8 nitrogen and oxygen atoms in total. The normalized spacial score (nSPS) is 23.0. The van der Waals surface area contributed by atoms with Crippen LogP contribution in [0.15, 0.2) is 60.0 Å². The van der Waals surface area contributed by atoms with Gasteiger partial charge in [-0.05, 0) is 48.7 Å². The van der Waals surface area contributed by atoms with E-state index in [4.69, 9.17) is 16.3 Å². The van der Waals surface area contributed by atoms with Crippen LogP contribution in [-0.4, -0.2) is 46.1 Å². The van der Waals surface area contributed by atoms with Gasteiger partial charge in [-0.15, -0.1) is 0 Å². The van der Waals surface area contributed by atoms with E-state index in [0.717, 1.165) is 28.6 Å². The topological polar surface area (TPSA) is 81.2 Å². The van der Waals surface area contributed by atoms with Crippen LogP contribution >= 0.6 is 23.4 Å². The van der Waals surface area contributed by atoms with Crippen LogP contribution in [0.4, 0.5) is 5.69 Å². The summed E-state index contributed by atoms with van der Waals surface area (Å²) < 4.78 is 5.27. The number of hydrazine groups is 1. The Bertz CT molecular complexity index is 1110. The predicted octanol–water partition coefficient (Wildman–Crippen LogP) is 3.64. The van der Waals surface area contributed by atoms with Crippen LogP contribution in [0.2, 0.25) is 5.02 Å². The van der Waals surface area contributed by atoms with Gasteiger partial charge in [-0.1, -0.05) is 41.6 Å². The van der Waals surface area contributed by atoms with Crippen LogP contribution < -0.4 is 20.9 Å². The monoisotopic (exact) mass is 484 g/mol. The van der Waals surface area contributed by atoms with Crippen LogP contribution in [0.5, 0.6) is 5.75 Å². The molecule has 0 aliphatic carbocycles. The second-order valence-electron chi connectivity index (χ2n) is 8.13. The number of ether oxygens (including phenoxy) is 1. The van der Waals surface area contributed by atoms with E-state index < -0.39 is 0 Å². The first-order valence-corrected chi connectivity index (χ1v) is 12.1. The molecule has 33 heavy (non-hydrogen) atoms. The molecule has 3 aliphatic heterocycles. The highest BCUT2D eigenvalue weighted by Crippen LogP contribution is 2.35. The molecule has 5 rings (SSSR count). The van der Waals surface area contributed by atoms with E-state index >= 15 is 0 Å². The summed E-state index contributed by atoms with van der Waals surface area (Å²) in [5.74, 6) is 1.01. The van der Waals surface area contributed by atoms with Crippen LogP contribution in [0, 0.1) is 6.92 Å². The van der Waals surface area contributed by atoms with Crippen molar-refractivity contribution in [3.63, 3.8) is 0 Å². The number of nitrogens with zero attached hydrogens (tertiary/aromatic N) is 3. The molecule has 1 saturated heterocycles. The zero-order chi connectivity index (χ0) is 22.9. The number of methoxy groups -OCH3 is 1. The number of benzene rings is 2. The summed E-state index contributed by atoms with van der Waals surface area (Å²) in [4.78, 5) is 14.6. The number of hydrogen-bond donors (Lipinski definition) is 3. The van der Waals surface area contributed by atoms with Crippen molar-refractivity contribution in [2.45, 2.75) is 31.6 Å². The molecule has 0 saturated carbocycles. The van der Waals surface area contributed by atoms with Crippen LogP contribution in [-0.2, 0) is 4.79 Å². The van der Waals surface area contributed by atoms with Gasteiger partial charge < -0.3 is 20.0 Å². The average molecular weight is 485 g/mol. The molecule has 1 amide bonds. The smallest absolute Gasteiger partial charge is 0.234 e. The fourth-order valence-electron chi connectivity index (χ4n) is 4.25. The van der Waals surface area contributed by atoms with E-state index in [1.807, 2.05) is 43.6 Å². The summed E-state index contributed by atoms with van der Waals surface area (Å²) in [5, 5.41) is 11.0. The zero-order valence-electron chi connectivity index (χ0n) is 18.3. The molecule has 3 N–H and O–H groups in total. The van der Waals surface area contributed by atoms with E-state index in [2.05, 4.69) is 43.3 Å². The first-order valence-electron chi connectivity index (χ1n) is 10.7. The first-order chi connectivity index (χ1) is 16.0. The molecular formula is C23H25ClN6O2S. The Morgan fingerprint density at radius 2 is 2.09 bits per heavy atom.